The standard InChI is InChI=1S/C17H34N3O5PS2.C3H10N2S/c1-8-16(6,12(22)18-9-11(2)21)10-17(7,27)13(23)28(26)20-19-14(24)25-15(3,4)5;1-2-4-5-3-6/h11,20-21,26-27H,8-10H2,1-7H3,(H,18,22)(H,19,24);4-6H,2-3H2,1H3. The van der Waals surface area contributed by atoms with E-state index in [4.69, 9.17) is 4.74 Å². The topological polar surface area (TPSA) is 141 Å². The molecular weight excluding hydrogens is 517 g/mol. The van der Waals surface area contributed by atoms with Gasteiger partial charge in [-0.3, -0.25) is 15.0 Å². The summed E-state index contributed by atoms with van der Waals surface area (Å²) in [7, 11) is 2.04. The lowest BCUT2D eigenvalue weighted by Crippen LogP contribution is -2.49. The molecule has 0 spiro atoms. The lowest BCUT2D eigenvalue weighted by molar-refractivity contribution is -0.132. The van der Waals surface area contributed by atoms with Gasteiger partial charge < -0.3 is 15.2 Å². The molecule has 0 aliphatic carbocycles. The maximum absolute atomic E-state index is 12.8. The van der Waals surface area contributed by atoms with Crippen molar-refractivity contribution < 1.29 is 24.2 Å². The lowest BCUT2D eigenvalue weighted by Gasteiger charge is -2.34. The van der Waals surface area contributed by atoms with Crippen molar-refractivity contribution in [3.8, 4) is 0 Å². The number of carbonyl (C=O) groups is 3. The summed E-state index contributed by atoms with van der Waals surface area (Å²) in [6, 6.07) is 0. The number of thiol groups is 2. The summed E-state index contributed by atoms with van der Waals surface area (Å²) in [6.45, 7) is 15.1. The third-order valence-electron chi connectivity index (χ3n) is 4.28. The minimum atomic E-state index is -1.24. The van der Waals surface area contributed by atoms with Crippen LogP contribution in [-0.2, 0) is 24.6 Å². The summed E-state index contributed by atoms with van der Waals surface area (Å²) in [5.74, 6) is 0.436. The summed E-state index contributed by atoms with van der Waals surface area (Å²) in [6.07, 6.45) is -0.717. The van der Waals surface area contributed by atoms with E-state index in [1.165, 1.54) is 0 Å². The van der Waals surface area contributed by atoms with Crippen LogP contribution in [0.25, 0.3) is 0 Å². The summed E-state index contributed by atoms with van der Waals surface area (Å²) in [4.78, 5) is 39.6. The van der Waals surface area contributed by atoms with Crippen molar-refractivity contribution in [2.75, 3.05) is 19.0 Å². The Morgan fingerprint density at radius 3 is 2.06 bits per heavy atom. The molecule has 0 fully saturated rings. The number of aliphatic hydroxyl groups is 1. The van der Waals surface area contributed by atoms with E-state index in [1.54, 1.807) is 41.5 Å². The molecule has 0 radical (unpaired) electrons. The average molecular weight is 562 g/mol. The number of aliphatic hydroxyl groups excluding tert-OH is 1. The first-order chi connectivity index (χ1) is 15.5. The number of hydrogen-bond acceptors (Lipinski definition) is 9. The Hall–Kier alpha value is -0.400. The molecule has 34 heavy (non-hydrogen) atoms. The van der Waals surface area contributed by atoms with Crippen LogP contribution in [-0.4, -0.2) is 57.6 Å². The van der Waals surface area contributed by atoms with E-state index < -0.39 is 38.2 Å². The van der Waals surface area contributed by atoms with Gasteiger partial charge in [-0.1, -0.05) is 28.8 Å². The van der Waals surface area contributed by atoms with Crippen LogP contribution >= 0.6 is 33.3 Å². The fourth-order valence-corrected chi connectivity index (χ4v) is 5.11. The Morgan fingerprint density at radius 1 is 1.12 bits per heavy atom. The number of nitrogens with one attached hydrogen (secondary N) is 5. The molecule has 2 amide bonds. The van der Waals surface area contributed by atoms with Crippen molar-refractivity contribution in [2.24, 2.45) is 5.41 Å². The maximum atomic E-state index is 12.8. The summed E-state index contributed by atoms with van der Waals surface area (Å²) in [5, 5.41) is 11.7. The second-order valence-electron chi connectivity index (χ2n) is 9.11. The number of rotatable bonds is 12. The Balaban J connectivity index is 0. The molecular formula is C20H44N5O5PS3. The van der Waals surface area contributed by atoms with E-state index in [9.17, 15) is 19.5 Å². The maximum Gasteiger partial charge on any atom is 0.422 e. The Morgan fingerprint density at radius 2 is 1.68 bits per heavy atom. The van der Waals surface area contributed by atoms with E-state index in [0.717, 1.165) is 6.54 Å². The molecule has 14 heteroatoms. The van der Waals surface area contributed by atoms with Gasteiger partial charge in [-0.25, -0.2) is 15.6 Å². The van der Waals surface area contributed by atoms with Crippen LogP contribution in [0.1, 0.15) is 68.2 Å². The van der Waals surface area contributed by atoms with Gasteiger partial charge in [0.25, 0.3) is 0 Å². The highest BCUT2D eigenvalue weighted by molar-refractivity contribution is 8.25. The van der Waals surface area contributed by atoms with Gasteiger partial charge >= 0.3 is 6.09 Å². The van der Waals surface area contributed by atoms with Crippen LogP contribution in [0.5, 0.6) is 0 Å². The minimum absolute atomic E-state index is 0.134. The van der Waals surface area contributed by atoms with Gasteiger partial charge in [0.1, 0.15) is 5.60 Å². The molecule has 0 saturated carbocycles. The molecule has 4 unspecified atom stereocenters. The molecule has 202 valence electrons. The zero-order chi connectivity index (χ0) is 27.2. The van der Waals surface area contributed by atoms with E-state index >= 15 is 0 Å². The van der Waals surface area contributed by atoms with E-state index in [1.807, 2.05) is 13.8 Å². The van der Waals surface area contributed by atoms with Crippen molar-refractivity contribution in [3.63, 3.8) is 0 Å². The summed E-state index contributed by atoms with van der Waals surface area (Å²) >= 11 is 8.38. The molecule has 0 heterocycles. The van der Waals surface area contributed by atoms with Gasteiger partial charge in [0.05, 0.1) is 16.7 Å². The van der Waals surface area contributed by atoms with Gasteiger partial charge in [-0.2, -0.15) is 30.1 Å². The predicted octanol–water partition coefficient (Wildman–Crippen LogP) is 2.11. The SMILES string of the molecule is CCC(C)(CC(C)(S)C(=O)S(=P)NNC(=O)OC(C)(C)C)C(=O)NCC(C)O.CCNNCS. The van der Waals surface area contributed by atoms with Crippen LogP contribution < -0.4 is 26.4 Å². The number of ether oxygens (including phenoxy) is 1. The highest BCUT2D eigenvalue weighted by Gasteiger charge is 2.42. The molecule has 10 nitrogen and oxygen atoms in total. The molecule has 0 aromatic heterocycles. The molecule has 4 atom stereocenters. The van der Waals surface area contributed by atoms with Crippen LogP contribution in [0, 0.1) is 5.41 Å². The van der Waals surface area contributed by atoms with Gasteiger partial charge in [0.15, 0.2) is 0 Å². The zero-order valence-corrected chi connectivity index (χ0v) is 25.1. The van der Waals surface area contributed by atoms with E-state index in [-0.39, 0.29) is 24.0 Å². The van der Waals surface area contributed by atoms with Crippen molar-refractivity contribution >= 4 is 60.6 Å². The molecule has 0 bridgehead atoms. The lowest BCUT2D eigenvalue weighted by atomic mass is 9.78. The molecule has 0 saturated heterocycles. The minimum Gasteiger partial charge on any atom is -0.443 e. The van der Waals surface area contributed by atoms with Crippen molar-refractivity contribution in [2.45, 2.75) is 84.7 Å². The van der Waals surface area contributed by atoms with Crippen LogP contribution in [0.2, 0.25) is 0 Å². The normalized spacial score (nSPS) is 16.6. The van der Waals surface area contributed by atoms with E-state index in [2.05, 4.69) is 59.7 Å². The zero-order valence-electron chi connectivity index (χ0n) is 21.5. The summed E-state index contributed by atoms with van der Waals surface area (Å²) in [5.41, 5.74) is 6.48. The fourth-order valence-electron chi connectivity index (χ4n) is 2.49. The highest BCUT2D eigenvalue weighted by atomic mass is 32.5. The average Bonchev–Trinajstić information content (AvgIpc) is 2.72. The van der Waals surface area contributed by atoms with Gasteiger partial charge in [-0.15, -0.1) is 0 Å². The van der Waals surface area contributed by atoms with E-state index in [0.29, 0.717) is 12.3 Å². The predicted molar refractivity (Wildman–Crippen MR) is 149 cm³/mol. The van der Waals surface area contributed by atoms with Crippen molar-refractivity contribution in [1.29, 1.82) is 0 Å². The monoisotopic (exact) mass is 561 g/mol. The highest BCUT2D eigenvalue weighted by Crippen LogP contribution is 2.36. The molecule has 0 aliphatic heterocycles. The first-order valence-electron chi connectivity index (χ1n) is 11.0. The van der Waals surface area contributed by atoms with Crippen LogP contribution in [0.3, 0.4) is 0 Å². The number of amides is 2. The number of hydrazine groups is 2. The van der Waals surface area contributed by atoms with Gasteiger partial charge in [0, 0.05) is 18.5 Å². The Labute approximate surface area is 220 Å². The van der Waals surface area contributed by atoms with Crippen molar-refractivity contribution in [1.82, 2.24) is 26.4 Å². The fraction of sp³-hybridized carbons (Fsp3) is 0.850. The summed E-state index contributed by atoms with van der Waals surface area (Å²) < 4.78 is 3.94. The molecule has 0 aliphatic rings. The van der Waals surface area contributed by atoms with Gasteiger partial charge in [0.2, 0.25) is 11.0 Å². The Bertz CT molecular complexity index is 673. The molecule has 0 aromatic carbocycles. The molecule has 0 rings (SSSR count). The smallest absolute Gasteiger partial charge is 0.422 e. The van der Waals surface area contributed by atoms with Crippen LogP contribution in [0.4, 0.5) is 4.79 Å². The number of hydrogen-bond donors (Lipinski definition) is 8. The van der Waals surface area contributed by atoms with Crippen molar-refractivity contribution in [3.05, 3.63) is 0 Å². The Kier molecular flexibility index (Phi) is 18.0. The largest absolute Gasteiger partial charge is 0.443 e. The third-order valence-corrected chi connectivity index (χ3v) is 6.94. The number of carbonyl (C=O) groups excluding carboxylic acids is 3. The van der Waals surface area contributed by atoms with Gasteiger partial charge in [-0.05, 0) is 57.7 Å². The second-order valence-corrected chi connectivity index (χ2v) is 12.8. The molecule has 0 aromatic rings. The quantitative estimate of drug-likeness (QED) is 0.0596. The third kappa shape index (κ3) is 16.3. The molecule has 6 N–H and O–H groups in total. The first kappa shape index (κ1) is 35.8. The first-order valence-corrected chi connectivity index (χ1v) is 14.5. The van der Waals surface area contributed by atoms with Crippen LogP contribution in [0.15, 0.2) is 0 Å². The second kappa shape index (κ2) is 17.1.